The van der Waals surface area contributed by atoms with Crippen LogP contribution in [-0.2, 0) is 0 Å². The van der Waals surface area contributed by atoms with Crippen molar-refractivity contribution in [3.63, 3.8) is 0 Å². The number of hydrogen-bond donors (Lipinski definition) is 0. The molecule has 0 unspecified atom stereocenters. The summed E-state index contributed by atoms with van der Waals surface area (Å²) in [6, 6.07) is 0. The fraction of sp³-hybridized carbons (Fsp3) is 0. The summed E-state index contributed by atoms with van der Waals surface area (Å²) in [5.74, 6) is 0. The Hall–Kier alpha value is -0.0351. The van der Waals surface area contributed by atoms with Crippen molar-refractivity contribution >= 4 is 39.2 Å². The first-order chi connectivity index (χ1) is 4.50. The van der Waals surface area contributed by atoms with E-state index in [1.54, 1.807) is 0 Å². The van der Waals surface area contributed by atoms with Crippen molar-refractivity contribution < 1.29 is 12.9 Å². The number of nitrogens with zero attached hydrogens (tertiary/aromatic N) is 1. The summed E-state index contributed by atoms with van der Waals surface area (Å²) >= 11 is 3.44. The van der Waals surface area contributed by atoms with E-state index >= 15 is 0 Å². The number of thiazole rings is 1. The third-order valence-corrected chi connectivity index (χ3v) is 2.42. The van der Waals surface area contributed by atoms with Crippen LogP contribution in [0, 0.1) is 0 Å². The molecule has 0 radical (unpaired) electrons. The predicted octanol–water partition coefficient (Wildman–Crippen LogP) is 1.96. The van der Waals surface area contributed by atoms with Gasteiger partial charge in [-0.2, -0.15) is 11.3 Å². The lowest BCUT2D eigenvalue weighted by Gasteiger charge is -2.08. The zero-order valence-electron chi connectivity index (χ0n) is 4.52. The summed E-state index contributed by atoms with van der Waals surface area (Å²) in [4.78, 5) is 2.46. The van der Waals surface area contributed by atoms with E-state index in [-0.39, 0.29) is 4.60 Å². The van der Waals surface area contributed by atoms with Gasteiger partial charge < -0.3 is 12.9 Å². The van der Waals surface area contributed by atoms with Crippen molar-refractivity contribution in [3.8, 4) is 0 Å². The maximum atomic E-state index is 11.8. The molecule has 0 aliphatic rings. The van der Waals surface area contributed by atoms with E-state index in [2.05, 4.69) is 20.9 Å². The number of hydrogen-bond acceptors (Lipinski definition) is 2. The minimum Gasteiger partial charge on any atom is -0.443 e. The first-order valence-electron chi connectivity index (χ1n) is 2.31. The zero-order valence-corrected chi connectivity index (χ0v) is 6.92. The van der Waals surface area contributed by atoms with Gasteiger partial charge in [0.2, 0.25) is 0 Å². The Balaban J connectivity index is 2.96. The Labute approximate surface area is 67.5 Å². The summed E-state index contributed by atoms with van der Waals surface area (Å²) < 4.78 is 35.6. The summed E-state index contributed by atoms with van der Waals surface area (Å²) in [6.45, 7) is -4.91. The fourth-order valence-electron chi connectivity index (χ4n) is 0.417. The van der Waals surface area contributed by atoms with Crippen molar-refractivity contribution in [2.24, 2.45) is 0 Å². The molecule has 0 atom stereocenters. The highest BCUT2D eigenvalue weighted by Crippen LogP contribution is 2.14. The van der Waals surface area contributed by atoms with E-state index in [0.717, 1.165) is 0 Å². The van der Waals surface area contributed by atoms with Crippen LogP contribution >= 0.6 is 27.3 Å². The highest BCUT2D eigenvalue weighted by molar-refractivity contribution is 9.10. The lowest BCUT2D eigenvalue weighted by molar-refractivity contribution is 0.500. The van der Waals surface area contributed by atoms with Crippen molar-refractivity contribution in [1.29, 1.82) is 0 Å². The molecule has 0 spiro atoms. The molecule has 0 amide bonds. The molecule has 1 rings (SSSR count). The van der Waals surface area contributed by atoms with Gasteiger partial charge in [-0.15, -0.1) is 0 Å². The summed E-state index contributed by atoms with van der Waals surface area (Å²) in [6.07, 6.45) is 0. The van der Waals surface area contributed by atoms with Gasteiger partial charge in [0.25, 0.3) is 0 Å². The highest BCUT2D eigenvalue weighted by Gasteiger charge is 2.29. The smallest absolute Gasteiger partial charge is 0.443 e. The molecule has 1 aromatic rings. The highest BCUT2D eigenvalue weighted by atomic mass is 79.9. The van der Waals surface area contributed by atoms with E-state index in [1.807, 2.05) is 0 Å². The van der Waals surface area contributed by atoms with Crippen LogP contribution in [-0.4, -0.2) is 12.0 Å². The van der Waals surface area contributed by atoms with Crippen LogP contribution in [0.4, 0.5) is 12.9 Å². The molecule has 1 aromatic heterocycles. The summed E-state index contributed by atoms with van der Waals surface area (Å²) in [7, 11) is 0. The van der Waals surface area contributed by atoms with Crippen molar-refractivity contribution in [1.82, 2.24) is 4.98 Å². The average Bonchev–Trinajstić information content (AvgIpc) is 2.11. The second kappa shape index (κ2) is 2.54. The second-order valence-corrected chi connectivity index (χ2v) is 3.29. The molecule has 0 aliphatic heterocycles. The predicted molar refractivity (Wildman–Crippen MR) is 38.5 cm³/mol. The molecule has 0 saturated carbocycles. The van der Waals surface area contributed by atoms with Crippen molar-refractivity contribution in [2.75, 3.05) is 0 Å². The molecule has 56 valence electrons. The van der Waals surface area contributed by atoms with E-state index in [9.17, 15) is 12.9 Å². The Morgan fingerprint density at radius 2 is 2.10 bits per heavy atom. The molecule has 0 bridgehead atoms. The summed E-state index contributed by atoms with van der Waals surface area (Å²) in [5.41, 5.74) is 0. The first kappa shape index (κ1) is 8.07. The number of aromatic nitrogens is 1. The summed E-state index contributed by atoms with van der Waals surface area (Å²) in [5, 5.41) is 1.31. The minimum absolute atomic E-state index is 0.242. The molecule has 0 aliphatic carbocycles. The Morgan fingerprint density at radius 1 is 1.50 bits per heavy atom. The van der Waals surface area contributed by atoms with Gasteiger partial charge in [-0.3, -0.25) is 4.98 Å². The van der Waals surface area contributed by atoms with Crippen LogP contribution in [0.5, 0.6) is 0 Å². The van der Waals surface area contributed by atoms with Gasteiger partial charge >= 0.3 is 6.98 Å². The van der Waals surface area contributed by atoms with Crippen LogP contribution in [0.15, 0.2) is 9.98 Å². The van der Waals surface area contributed by atoms with Gasteiger partial charge in [0, 0.05) is 10.3 Å². The molecule has 0 N–H and O–H groups in total. The SMILES string of the molecule is F[B-](F)(F)c1nc(Br)cs1. The standard InChI is InChI=1S/C3HBBrF3NS/c5-2-1-10-3(9-2)4(6,7)8/h1H/q-1. The van der Waals surface area contributed by atoms with Crippen LogP contribution < -0.4 is 4.91 Å². The van der Waals surface area contributed by atoms with Crippen LogP contribution in [0.1, 0.15) is 0 Å². The Bertz CT molecular complexity index is 234. The molecular weight excluding hydrogens is 230 g/mol. The molecule has 0 aromatic carbocycles. The normalized spacial score (nSPS) is 12.0. The molecule has 7 heteroatoms. The lowest BCUT2D eigenvalue weighted by Crippen LogP contribution is -2.33. The van der Waals surface area contributed by atoms with E-state index < -0.39 is 11.9 Å². The van der Waals surface area contributed by atoms with Gasteiger partial charge in [0.05, 0.1) is 0 Å². The quantitative estimate of drug-likeness (QED) is 0.673. The molecule has 10 heavy (non-hydrogen) atoms. The molecule has 1 heterocycles. The van der Waals surface area contributed by atoms with Crippen molar-refractivity contribution in [2.45, 2.75) is 0 Å². The minimum atomic E-state index is -4.91. The van der Waals surface area contributed by atoms with E-state index in [0.29, 0.717) is 11.3 Å². The van der Waals surface area contributed by atoms with E-state index in [4.69, 9.17) is 0 Å². The van der Waals surface area contributed by atoms with Gasteiger partial charge in [-0.1, -0.05) is 0 Å². The average molecular weight is 231 g/mol. The molecule has 1 nitrogen and oxygen atoms in total. The largest absolute Gasteiger partial charge is 0.537 e. The van der Waals surface area contributed by atoms with Gasteiger partial charge in [-0.25, -0.2) is 0 Å². The third-order valence-electron chi connectivity index (χ3n) is 0.774. The number of halogens is 4. The Kier molecular flexibility index (Phi) is 2.05. The monoisotopic (exact) mass is 230 g/mol. The lowest BCUT2D eigenvalue weighted by atomic mass is 9.94. The van der Waals surface area contributed by atoms with Gasteiger partial charge in [-0.05, 0) is 15.9 Å². The van der Waals surface area contributed by atoms with Crippen molar-refractivity contribution in [3.05, 3.63) is 9.98 Å². The topological polar surface area (TPSA) is 12.9 Å². The van der Waals surface area contributed by atoms with Crippen LogP contribution in [0.2, 0.25) is 0 Å². The van der Waals surface area contributed by atoms with Crippen LogP contribution in [0.3, 0.4) is 0 Å². The maximum absolute atomic E-state index is 11.8. The van der Waals surface area contributed by atoms with Crippen LogP contribution in [0.25, 0.3) is 0 Å². The number of rotatable bonds is 1. The zero-order chi connectivity index (χ0) is 7.78. The molecule has 0 fully saturated rings. The fourth-order valence-corrected chi connectivity index (χ4v) is 1.58. The molecule has 0 saturated heterocycles. The first-order valence-corrected chi connectivity index (χ1v) is 3.98. The third kappa shape index (κ3) is 1.73. The van der Waals surface area contributed by atoms with Gasteiger partial charge in [0.15, 0.2) is 0 Å². The second-order valence-electron chi connectivity index (χ2n) is 1.58. The Morgan fingerprint density at radius 3 is 2.30 bits per heavy atom. The van der Waals surface area contributed by atoms with Gasteiger partial charge in [0.1, 0.15) is 4.60 Å². The molecular formula is C3HBBrF3NS-. The van der Waals surface area contributed by atoms with E-state index in [1.165, 1.54) is 5.38 Å². The maximum Gasteiger partial charge on any atom is 0.537 e.